The van der Waals surface area contributed by atoms with E-state index in [0.717, 1.165) is 43.4 Å². The zero-order chi connectivity index (χ0) is 20.5. The van der Waals surface area contributed by atoms with Gasteiger partial charge in [-0.1, -0.05) is 18.2 Å². The van der Waals surface area contributed by atoms with Crippen molar-refractivity contribution in [3.8, 4) is 5.88 Å². The highest BCUT2D eigenvalue weighted by molar-refractivity contribution is 6.06. The van der Waals surface area contributed by atoms with Crippen molar-refractivity contribution in [2.75, 3.05) is 47.4 Å². The Morgan fingerprint density at radius 3 is 2.72 bits per heavy atom. The maximum Gasteiger partial charge on any atom is 0.255 e. The monoisotopic (exact) mass is 396 g/mol. The van der Waals surface area contributed by atoms with Crippen molar-refractivity contribution >= 4 is 22.7 Å². The molecule has 2 bridgehead atoms. The lowest BCUT2D eigenvalue weighted by molar-refractivity contribution is -0.129. The molecule has 0 N–H and O–H groups in total. The molecule has 2 aromatic rings. The van der Waals surface area contributed by atoms with Crippen LogP contribution in [0.5, 0.6) is 5.88 Å². The number of methoxy groups -OCH3 is 1. The van der Waals surface area contributed by atoms with Crippen LogP contribution in [0.2, 0.25) is 0 Å². The number of likely N-dealkylation sites (N-methyl/N-ethyl adjacent to an activating group) is 1. The van der Waals surface area contributed by atoms with E-state index in [2.05, 4.69) is 9.88 Å². The Bertz CT molecular complexity index is 929. The summed E-state index contributed by atoms with van der Waals surface area (Å²) in [7, 11) is 5.14. The first-order chi connectivity index (χ1) is 14.0. The van der Waals surface area contributed by atoms with Gasteiger partial charge in [0.15, 0.2) is 0 Å². The highest BCUT2D eigenvalue weighted by Gasteiger charge is 2.38. The quantitative estimate of drug-likeness (QED) is 0.789. The fourth-order valence-electron chi connectivity index (χ4n) is 4.48. The van der Waals surface area contributed by atoms with Gasteiger partial charge in [0.1, 0.15) is 0 Å². The summed E-state index contributed by atoms with van der Waals surface area (Å²) in [4.78, 5) is 36.1. The number of para-hydroxylation sites is 1. The zero-order valence-electron chi connectivity index (χ0n) is 17.3. The normalized spacial score (nSPS) is 21.8. The van der Waals surface area contributed by atoms with E-state index in [-0.39, 0.29) is 17.9 Å². The topological polar surface area (TPSA) is 66.0 Å². The third-order valence-electron chi connectivity index (χ3n) is 6.04. The molecule has 0 radical (unpaired) electrons. The molecule has 5 rings (SSSR count). The third-order valence-corrected chi connectivity index (χ3v) is 6.04. The van der Waals surface area contributed by atoms with E-state index in [0.29, 0.717) is 23.9 Å². The average Bonchev–Trinajstić information content (AvgIpc) is 3.02. The smallest absolute Gasteiger partial charge is 0.255 e. The molecule has 2 unspecified atom stereocenters. The highest BCUT2D eigenvalue weighted by atomic mass is 16.5. The molecule has 2 amide bonds. The maximum absolute atomic E-state index is 13.6. The minimum absolute atomic E-state index is 0.0254. The number of fused-ring (bicyclic) bond motifs is 5. The molecule has 29 heavy (non-hydrogen) atoms. The number of carbonyl (C=O) groups is 2. The van der Waals surface area contributed by atoms with Gasteiger partial charge in [-0.15, -0.1) is 0 Å². The van der Waals surface area contributed by atoms with Crippen LogP contribution in [0.25, 0.3) is 10.9 Å². The van der Waals surface area contributed by atoms with Crippen molar-refractivity contribution in [2.24, 2.45) is 5.92 Å². The second kappa shape index (κ2) is 7.99. The molecule has 3 saturated heterocycles. The lowest BCUT2D eigenvalue weighted by Gasteiger charge is -2.36. The van der Waals surface area contributed by atoms with E-state index in [1.807, 2.05) is 29.2 Å². The van der Waals surface area contributed by atoms with Gasteiger partial charge in [0.25, 0.3) is 5.91 Å². The summed E-state index contributed by atoms with van der Waals surface area (Å²) in [5.74, 6) is 0.972. The number of carbonyl (C=O) groups excluding carboxylic acids is 2. The molecule has 1 aromatic heterocycles. The highest BCUT2D eigenvalue weighted by Crippen LogP contribution is 2.31. The van der Waals surface area contributed by atoms with Crippen molar-refractivity contribution < 1.29 is 14.3 Å². The molecule has 3 aliphatic rings. The molecular formula is C22H28N4O3. The molecule has 7 nitrogen and oxygen atoms in total. The van der Waals surface area contributed by atoms with Gasteiger partial charge < -0.3 is 14.5 Å². The molecule has 0 spiro atoms. The molecule has 0 aliphatic carbocycles. The first-order valence-corrected chi connectivity index (χ1v) is 10.1. The predicted octanol–water partition coefficient (Wildman–Crippen LogP) is 1.87. The Balaban J connectivity index is 1.62. The Morgan fingerprint density at radius 2 is 1.97 bits per heavy atom. The van der Waals surface area contributed by atoms with Gasteiger partial charge in [-0.3, -0.25) is 14.5 Å². The number of aromatic nitrogens is 1. The van der Waals surface area contributed by atoms with Crippen molar-refractivity contribution in [1.29, 1.82) is 0 Å². The van der Waals surface area contributed by atoms with Crippen LogP contribution >= 0.6 is 0 Å². The summed E-state index contributed by atoms with van der Waals surface area (Å²) < 4.78 is 5.34. The first-order valence-electron chi connectivity index (χ1n) is 10.1. The number of rotatable bonds is 4. The average molecular weight is 396 g/mol. The zero-order valence-corrected chi connectivity index (χ0v) is 17.3. The maximum atomic E-state index is 13.6. The number of nitrogens with zero attached hydrogens (tertiary/aromatic N) is 4. The number of pyridine rings is 1. The predicted molar refractivity (Wildman–Crippen MR) is 111 cm³/mol. The van der Waals surface area contributed by atoms with Crippen LogP contribution in [0.4, 0.5) is 0 Å². The van der Waals surface area contributed by atoms with Crippen LogP contribution in [-0.4, -0.2) is 84.9 Å². The molecule has 7 heteroatoms. The van der Waals surface area contributed by atoms with E-state index >= 15 is 0 Å². The van der Waals surface area contributed by atoms with E-state index in [9.17, 15) is 9.59 Å². The van der Waals surface area contributed by atoms with Crippen LogP contribution in [0.3, 0.4) is 0 Å². The van der Waals surface area contributed by atoms with E-state index < -0.39 is 0 Å². The number of amides is 2. The van der Waals surface area contributed by atoms with Gasteiger partial charge in [-0.2, -0.15) is 0 Å². The molecule has 3 fully saturated rings. The second-order valence-electron chi connectivity index (χ2n) is 8.27. The summed E-state index contributed by atoms with van der Waals surface area (Å²) in [6.45, 7) is 2.74. The molecule has 154 valence electrons. The lowest BCUT2D eigenvalue weighted by Crippen LogP contribution is -2.48. The SMILES string of the molecule is COc1cc(C(=O)N2CC3CCC2CN(CC(=O)N(C)C)C3)c2ccccc2n1. The third kappa shape index (κ3) is 3.92. The van der Waals surface area contributed by atoms with Gasteiger partial charge in [-0.25, -0.2) is 4.98 Å². The minimum Gasteiger partial charge on any atom is -0.481 e. The Labute approximate surface area is 171 Å². The number of piperidine rings is 1. The molecular weight excluding hydrogens is 368 g/mol. The number of benzene rings is 1. The summed E-state index contributed by atoms with van der Waals surface area (Å²) in [6.07, 6.45) is 2.07. The fraction of sp³-hybridized carbons (Fsp3) is 0.500. The summed E-state index contributed by atoms with van der Waals surface area (Å²) >= 11 is 0. The lowest BCUT2D eigenvalue weighted by atomic mass is 9.94. The van der Waals surface area contributed by atoms with E-state index in [1.165, 1.54) is 0 Å². The van der Waals surface area contributed by atoms with Gasteiger partial charge in [0.05, 0.1) is 24.7 Å². The van der Waals surface area contributed by atoms with Crippen LogP contribution in [0.15, 0.2) is 30.3 Å². The molecule has 3 aliphatic heterocycles. The number of ether oxygens (including phenoxy) is 1. The summed E-state index contributed by atoms with van der Waals surface area (Å²) in [5, 5.41) is 0.845. The largest absolute Gasteiger partial charge is 0.481 e. The van der Waals surface area contributed by atoms with E-state index in [4.69, 9.17) is 4.74 Å². The Morgan fingerprint density at radius 1 is 1.17 bits per heavy atom. The molecule has 2 atom stereocenters. The van der Waals surface area contributed by atoms with Gasteiger partial charge in [0, 0.05) is 51.2 Å². The Hall–Kier alpha value is -2.67. The number of hydrogen-bond acceptors (Lipinski definition) is 5. The Kier molecular flexibility index (Phi) is 5.41. The standard InChI is InChI=1S/C22H28N4O3/c1-24(2)21(27)14-25-11-15-8-9-16(13-25)26(12-15)22(28)18-10-20(29-3)23-19-7-5-4-6-17(18)19/h4-7,10,15-16H,8-9,11-14H2,1-3H3. The van der Waals surface area contributed by atoms with Crippen molar-refractivity contribution in [1.82, 2.24) is 19.7 Å². The molecule has 1 aromatic carbocycles. The van der Waals surface area contributed by atoms with Gasteiger partial charge in [0.2, 0.25) is 11.8 Å². The van der Waals surface area contributed by atoms with Crippen LogP contribution in [0.1, 0.15) is 23.2 Å². The fourth-order valence-corrected chi connectivity index (χ4v) is 4.48. The van der Waals surface area contributed by atoms with E-state index in [1.54, 1.807) is 32.2 Å². The summed E-state index contributed by atoms with van der Waals surface area (Å²) in [5.41, 5.74) is 1.39. The second-order valence-corrected chi connectivity index (χ2v) is 8.27. The summed E-state index contributed by atoms with van der Waals surface area (Å²) in [6, 6.07) is 9.54. The van der Waals surface area contributed by atoms with Crippen LogP contribution in [0, 0.1) is 5.92 Å². The first kappa shape index (κ1) is 19.6. The van der Waals surface area contributed by atoms with Crippen molar-refractivity contribution in [2.45, 2.75) is 18.9 Å². The molecule has 4 heterocycles. The minimum atomic E-state index is 0.0254. The molecule has 0 saturated carbocycles. The van der Waals surface area contributed by atoms with Crippen LogP contribution in [-0.2, 0) is 4.79 Å². The number of hydrogen-bond donors (Lipinski definition) is 0. The van der Waals surface area contributed by atoms with Crippen molar-refractivity contribution in [3.05, 3.63) is 35.9 Å². The van der Waals surface area contributed by atoms with Crippen molar-refractivity contribution in [3.63, 3.8) is 0 Å². The van der Waals surface area contributed by atoms with Gasteiger partial charge >= 0.3 is 0 Å². The van der Waals surface area contributed by atoms with Crippen LogP contribution < -0.4 is 4.74 Å². The van der Waals surface area contributed by atoms with Gasteiger partial charge in [-0.05, 0) is 24.8 Å².